The molecule has 0 spiro atoms. The molecule has 4 rings (SSSR count). The lowest BCUT2D eigenvalue weighted by Gasteiger charge is -2.19. The van der Waals surface area contributed by atoms with Crippen molar-refractivity contribution in [2.75, 3.05) is 27.4 Å². The van der Waals surface area contributed by atoms with E-state index < -0.39 is 0 Å². The maximum atomic E-state index is 6.06. The fourth-order valence-electron chi connectivity index (χ4n) is 3.40. The van der Waals surface area contributed by atoms with Crippen LogP contribution in [-0.2, 0) is 13.1 Å². The van der Waals surface area contributed by atoms with Crippen LogP contribution in [-0.4, -0.2) is 32.3 Å². The smallest absolute Gasteiger partial charge is 0.165 e. The summed E-state index contributed by atoms with van der Waals surface area (Å²) in [5.41, 5.74) is 3.41. The highest BCUT2D eigenvalue weighted by Crippen LogP contribution is 2.38. The van der Waals surface area contributed by atoms with E-state index in [1.807, 2.05) is 12.1 Å². The number of rotatable bonds is 5. The van der Waals surface area contributed by atoms with E-state index in [9.17, 15) is 0 Å². The van der Waals surface area contributed by atoms with Gasteiger partial charge in [0.2, 0.25) is 0 Å². The minimum atomic E-state index is 0.663. The molecule has 2 heterocycles. The number of ether oxygens (including phenoxy) is 3. The molecule has 1 aliphatic heterocycles. The van der Waals surface area contributed by atoms with E-state index in [-0.39, 0.29) is 0 Å². The molecule has 0 N–H and O–H groups in total. The van der Waals surface area contributed by atoms with Gasteiger partial charge in [0, 0.05) is 30.1 Å². The summed E-state index contributed by atoms with van der Waals surface area (Å²) in [7, 11) is 3.38. The summed E-state index contributed by atoms with van der Waals surface area (Å²) < 4.78 is 17.0. The van der Waals surface area contributed by atoms with Gasteiger partial charge in [-0.1, -0.05) is 18.2 Å². The summed E-state index contributed by atoms with van der Waals surface area (Å²) in [6.07, 6.45) is 0. The van der Waals surface area contributed by atoms with Crippen molar-refractivity contribution >= 4 is 11.3 Å². The third kappa shape index (κ3) is 3.94. The molecule has 4 nitrogen and oxygen atoms in total. The van der Waals surface area contributed by atoms with Crippen LogP contribution in [0, 0.1) is 0 Å². The van der Waals surface area contributed by atoms with Gasteiger partial charge < -0.3 is 14.2 Å². The summed E-state index contributed by atoms with van der Waals surface area (Å²) in [4.78, 5) is 3.80. The molecule has 1 aromatic heterocycles. The maximum absolute atomic E-state index is 6.06. The largest absolute Gasteiger partial charge is 0.497 e. The third-order valence-corrected chi connectivity index (χ3v) is 5.64. The molecule has 140 valence electrons. The summed E-state index contributed by atoms with van der Waals surface area (Å²) in [6, 6.07) is 16.7. The molecule has 27 heavy (non-hydrogen) atoms. The van der Waals surface area contributed by atoms with Crippen molar-refractivity contribution in [3.63, 3.8) is 0 Å². The van der Waals surface area contributed by atoms with Gasteiger partial charge in [0.1, 0.15) is 12.4 Å². The number of fused-ring (bicyclic) bond motifs is 1. The van der Waals surface area contributed by atoms with E-state index in [2.05, 4.69) is 46.7 Å². The zero-order valence-electron chi connectivity index (χ0n) is 15.6. The zero-order chi connectivity index (χ0) is 18.6. The molecule has 2 aromatic carbocycles. The van der Waals surface area contributed by atoms with Gasteiger partial charge in [-0.3, -0.25) is 4.90 Å². The van der Waals surface area contributed by atoms with E-state index in [1.54, 1.807) is 25.6 Å². The molecule has 0 fully saturated rings. The fourth-order valence-corrected chi connectivity index (χ4v) is 4.14. The standard InChI is InChI=1S/C22H23NO3S/c1-24-19-7-5-16(6-8-19)17-12-18-14-23(15-20-4-3-11-27-20)9-10-26-22(18)21(13-17)25-2/h3-8,11-13H,9-10,14-15H2,1-2H3. The molecular formula is C22H23NO3S. The Labute approximate surface area is 163 Å². The highest BCUT2D eigenvalue weighted by molar-refractivity contribution is 7.09. The van der Waals surface area contributed by atoms with Crippen LogP contribution in [0.2, 0.25) is 0 Å². The van der Waals surface area contributed by atoms with E-state index in [0.29, 0.717) is 6.61 Å². The Morgan fingerprint density at radius 1 is 1.04 bits per heavy atom. The van der Waals surface area contributed by atoms with Crippen molar-refractivity contribution in [1.82, 2.24) is 4.90 Å². The SMILES string of the molecule is COc1ccc(-c2cc3c(c(OC)c2)OCCN(Cc2cccs2)C3)cc1. The van der Waals surface area contributed by atoms with Crippen LogP contribution in [0.1, 0.15) is 10.4 Å². The predicted octanol–water partition coefficient (Wildman–Crippen LogP) is 4.83. The van der Waals surface area contributed by atoms with Crippen LogP contribution in [0.15, 0.2) is 53.9 Å². The molecule has 1 aliphatic rings. The van der Waals surface area contributed by atoms with E-state index in [0.717, 1.165) is 53.6 Å². The fraction of sp³-hybridized carbons (Fsp3) is 0.273. The maximum Gasteiger partial charge on any atom is 0.165 e. The molecular weight excluding hydrogens is 358 g/mol. The second kappa shape index (κ2) is 8.03. The third-order valence-electron chi connectivity index (χ3n) is 4.78. The summed E-state index contributed by atoms with van der Waals surface area (Å²) >= 11 is 1.80. The Bertz CT molecular complexity index is 891. The van der Waals surface area contributed by atoms with Gasteiger partial charge in [-0.2, -0.15) is 0 Å². The van der Waals surface area contributed by atoms with E-state index in [1.165, 1.54) is 4.88 Å². The van der Waals surface area contributed by atoms with Crippen molar-refractivity contribution in [3.05, 3.63) is 64.4 Å². The number of benzene rings is 2. The van der Waals surface area contributed by atoms with Crippen LogP contribution in [0.4, 0.5) is 0 Å². The normalized spacial score (nSPS) is 14.1. The lowest BCUT2D eigenvalue weighted by Crippen LogP contribution is -2.24. The van der Waals surface area contributed by atoms with Gasteiger partial charge in [-0.25, -0.2) is 0 Å². The molecule has 0 unspecified atom stereocenters. The Kier molecular flexibility index (Phi) is 5.32. The molecule has 5 heteroatoms. The first-order valence-corrected chi connectivity index (χ1v) is 9.87. The average molecular weight is 381 g/mol. The average Bonchev–Trinajstić information content (AvgIpc) is 3.13. The molecule has 0 saturated carbocycles. The first-order chi connectivity index (χ1) is 13.3. The van der Waals surface area contributed by atoms with Crippen molar-refractivity contribution in [3.8, 4) is 28.4 Å². The Morgan fingerprint density at radius 3 is 2.59 bits per heavy atom. The molecule has 0 radical (unpaired) electrons. The molecule has 0 atom stereocenters. The van der Waals surface area contributed by atoms with Crippen molar-refractivity contribution in [1.29, 1.82) is 0 Å². The Balaban J connectivity index is 1.67. The first kappa shape index (κ1) is 17.9. The molecule has 0 amide bonds. The van der Waals surface area contributed by atoms with Gasteiger partial charge in [-0.15, -0.1) is 11.3 Å². The van der Waals surface area contributed by atoms with Crippen molar-refractivity contribution in [2.24, 2.45) is 0 Å². The second-order valence-electron chi connectivity index (χ2n) is 6.53. The van der Waals surface area contributed by atoms with Gasteiger partial charge in [0.25, 0.3) is 0 Å². The molecule has 0 saturated heterocycles. The first-order valence-electron chi connectivity index (χ1n) is 8.99. The number of methoxy groups -OCH3 is 2. The predicted molar refractivity (Wildman–Crippen MR) is 109 cm³/mol. The van der Waals surface area contributed by atoms with E-state index in [4.69, 9.17) is 14.2 Å². The second-order valence-corrected chi connectivity index (χ2v) is 7.57. The highest BCUT2D eigenvalue weighted by atomic mass is 32.1. The van der Waals surface area contributed by atoms with Crippen LogP contribution in [0.5, 0.6) is 17.2 Å². The molecule has 0 bridgehead atoms. The summed E-state index contributed by atoms with van der Waals surface area (Å²) in [5, 5.41) is 2.13. The molecule has 0 aliphatic carbocycles. The quantitative estimate of drug-likeness (QED) is 0.634. The number of hydrogen-bond donors (Lipinski definition) is 0. The van der Waals surface area contributed by atoms with Crippen LogP contribution in [0.3, 0.4) is 0 Å². The number of thiophene rings is 1. The monoisotopic (exact) mass is 381 g/mol. The topological polar surface area (TPSA) is 30.9 Å². The van der Waals surface area contributed by atoms with Gasteiger partial charge in [0.15, 0.2) is 11.5 Å². The zero-order valence-corrected chi connectivity index (χ0v) is 16.4. The van der Waals surface area contributed by atoms with Crippen LogP contribution >= 0.6 is 11.3 Å². The number of nitrogens with zero attached hydrogens (tertiary/aromatic N) is 1. The van der Waals surface area contributed by atoms with Crippen molar-refractivity contribution in [2.45, 2.75) is 13.1 Å². The lowest BCUT2D eigenvalue weighted by atomic mass is 10.0. The van der Waals surface area contributed by atoms with Crippen LogP contribution in [0.25, 0.3) is 11.1 Å². The Morgan fingerprint density at radius 2 is 1.89 bits per heavy atom. The summed E-state index contributed by atoms with van der Waals surface area (Å²) in [5.74, 6) is 2.51. The van der Waals surface area contributed by atoms with Gasteiger partial charge in [0.05, 0.1) is 14.2 Å². The minimum absolute atomic E-state index is 0.663. The Hall–Kier alpha value is -2.50. The van der Waals surface area contributed by atoms with Crippen molar-refractivity contribution < 1.29 is 14.2 Å². The van der Waals surface area contributed by atoms with Gasteiger partial charge >= 0.3 is 0 Å². The van der Waals surface area contributed by atoms with E-state index >= 15 is 0 Å². The van der Waals surface area contributed by atoms with Crippen LogP contribution < -0.4 is 14.2 Å². The summed E-state index contributed by atoms with van der Waals surface area (Å²) in [6.45, 7) is 3.34. The molecule has 3 aromatic rings. The highest BCUT2D eigenvalue weighted by Gasteiger charge is 2.21. The van der Waals surface area contributed by atoms with Gasteiger partial charge in [-0.05, 0) is 46.8 Å². The lowest BCUT2D eigenvalue weighted by molar-refractivity contribution is 0.218. The minimum Gasteiger partial charge on any atom is -0.497 e. The number of hydrogen-bond acceptors (Lipinski definition) is 5.